The van der Waals surface area contributed by atoms with Gasteiger partial charge in [-0.3, -0.25) is 0 Å². The standard InChI is InChI=1S/C20H19BN4O2S/c1-11-9-23-20(28-11)15-8-19(27-3)16(21(2)26)7-14(15)12-4-5-13-17(22)10-24-25-18(13)6-12/h4-10,26H,1-3H3,(H2,22,25). The molecule has 0 aliphatic carbocycles. The molecule has 140 valence electrons. The van der Waals surface area contributed by atoms with Crippen LogP contribution in [0.1, 0.15) is 4.88 Å². The van der Waals surface area contributed by atoms with E-state index in [1.54, 1.807) is 31.5 Å². The number of benzene rings is 2. The van der Waals surface area contributed by atoms with Crippen LogP contribution in [-0.2, 0) is 0 Å². The Morgan fingerprint density at radius 3 is 2.64 bits per heavy atom. The van der Waals surface area contributed by atoms with Crippen LogP contribution in [0, 0.1) is 6.92 Å². The Balaban J connectivity index is 2.00. The number of aromatic nitrogens is 3. The molecule has 0 aliphatic heterocycles. The second kappa shape index (κ2) is 7.22. The molecule has 28 heavy (non-hydrogen) atoms. The van der Waals surface area contributed by atoms with E-state index in [4.69, 9.17) is 10.5 Å². The number of thiazole rings is 1. The smallest absolute Gasteiger partial charge is 0.324 e. The molecule has 2 aromatic heterocycles. The highest BCUT2D eigenvalue weighted by molar-refractivity contribution is 7.15. The summed E-state index contributed by atoms with van der Waals surface area (Å²) in [6.45, 7) is 3.08. The number of nitrogens with zero attached hydrogens (tertiary/aromatic N) is 3. The average Bonchev–Trinajstić information content (AvgIpc) is 3.13. The monoisotopic (exact) mass is 390 g/mol. The van der Waals surface area contributed by atoms with Crippen LogP contribution in [-0.4, -0.2) is 34.2 Å². The van der Waals surface area contributed by atoms with Crippen molar-refractivity contribution in [1.29, 1.82) is 0 Å². The van der Waals surface area contributed by atoms with Crippen molar-refractivity contribution in [3.05, 3.63) is 47.6 Å². The molecule has 0 saturated heterocycles. The molecule has 0 saturated carbocycles. The van der Waals surface area contributed by atoms with Gasteiger partial charge in [-0.15, -0.1) is 11.3 Å². The third kappa shape index (κ3) is 3.21. The van der Waals surface area contributed by atoms with Crippen LogP contribution >= 0.6 is 11.3 Å². The summed E-state index contributed by atoms with van der Waals surface area (Å²) in [5, 5.41) is 20.2. The second-order valence-electron chi connectivity index (χ2n) is 6.62. The lowest BCUT2D eigenvalue weighted by molar-refractivity contribution is 0.417. The van der Waals surface area contributed by atoms with Crippen molar-refractivity contribution in [3.63, 3.8) is 0 Å². The van der Waals surface area contributed by atoms with Crippen LogP contribution in [0.4, 0.5) is 5.69 Å². The van der Waals surface area contributed by atoms with Crippen LogP contribution in [0.15, 0.2) is 42.7 Å². The Kier molecular flexibility index (Phi) is 4.74. The fourth-order valence-corrected chi connectivity index (χ4v) is 4.04. The summed E-state index contributed by atoms with van der Waals surface area (Å²) in [5.41, 5.74) is 10.9. The zero-order valence-electron chi connectivity index (χ0n) is 15.8. The highest BCUT2D eigenvalue weighted by atomic mass is 32.1. The molecule has 0 amide bonds. The van der Waals surface area contributed by atoms with Crippen molar-refractivity contribution >= 4 is 40.3 Å². The van der Waals surface area contributed by atoms with Gasteiger partial charge in [-0.1, -0.05) is 19.0 Å². The van der Waals surface area contributed by atoms with Crippen molar-refractivity contribution < 1.29 is 9.76 Å². The first-order valence-electron chi connectivity index (χ1n) is 8.82. The van der Waals surface area contributed by atoms with E-state index in [1.807, 2.05) is 43.5 Å². The van der Waals surface area contributed by atoms with Crippen molar-refractivity contribution in [2.75, 3.05) is 12.8 Å². The van der Waals surface area contributed by atoms with Gasteiger partial charge in [0, 0.05) is 22.0 Å². The van der Waals surface area contributed by atoms with Crippen molar-refractivity contribution in [2.24, 2.45) is 0 Å². The summed E-state index contributed by atoms with van der Waals surface area (Å²) in [4.78, 5) is 5.67. The number of nitrogen functional groups attached to an aromatic ring is 1. The van der Waals surface area contributed by atoms with E-state index < -0.39 is 6.92 Å². The lowest BCUT2D eigenvalue weighted by atomic mass is 9.63. The van der Waals surface area contributed by atoms with Gasteiger partial charge in [-0.25, -0.2) is 4.98 Å². The third-order valence-electron chi connectivity index (χ3n) is 4.65. The fourth-order valence-electron chi connectivity index (χ4n) is 3.24. The molecule has 0 spiro atoms. The van der Waals surface area contributed by atoms with E-state index in [0.29, 0.717) is 22.4 Å². The van der Waals surface area contributed by atoms with E-state index in [0.717, 1.165) is 32.0 Å². The molecule has 0 radical (unpaired) electrons. The Morgan fingerprint density at radius 1 is 1.14 bits per heavy atom. The lowest BCUT2D eigenvalue weighted by Gasteiger charge is -2.16. The average molecular weight is 390 g/mol. The van der Waals surface area contributed by atoms with Crippen LogP contribution in [0.3, 0.4) is 0 Å². The number of methoxy groups -OCH3 is 1. The topological polar surface area (TPSA) is 94.2 Å². The van der Waals surface area contributed by atoms with Crippen molar-refractivity contribution in [3.8, 4) is 27.4 Å². The highest BCUT2D eigenvalue weighted by Gasteiger charge is 2.20. The normalized spacial score (nSPS) is 11.0. The molecule has 8 heteroatoms. The first kappa shape index (κ1) is 18.4. The molecule has 0 aliphatic rings. The van der Waals surface area contributed by atoms with Gasteiger partial charge in [0.2, 0.25) is 0 Å². The largest absolute Gasteiger partial charge is 0.497 e. The van der Waals surface area contributed by atoms with E-state index in [1.165, 1.54) is 0 Å². The number of rotatable bonds is 4. The highest BCUT2D eigenvalue weighted by Crippen LogP contribution is 2.37. The summed E-state index contributed by atoms with van der Waals surface area (Å²) >= 11 is 1.61. The molecule has 3 N–H and O–H groups in total. The number of hydrogen-bond donors (Lipinski definition) is 2. The second-order valence-corrected chi connectivity index (χ2v) is 7.86. The van der Waals surface area contributed by atoms with Gasteiger partial charge in [-0.05, 0) is 41.7 Å². The molecule has 0 atom stereocenters. The summed E-state index contributed by atoms with van der Waals surface area (Å²) in [6, 6.07) is 9.79. The van der Waals surface area contributed by atoms with Gasteiger partial charge in [0.15, 0.2) is 0 Å². The Morgan fingerprint density at radius 2 is 1.96 bits per heavy atom. The van der Waals surface area contributed by atoms with Crippen LogP contribution in [0.25, 0.3) is 32.6 Å². The predicted octanol–water partition coefficient (Wildman–Crippen LogP) is 3.14. The number of fused-ring (bicyclic) bond motifs is 1. The van der Waals surface area contributed by atoms with Crippen molar-refractivity contribution in [2.45, 2.75) is 13.7 Å². The maximum absolute atomic E-state index is 10.2. The molecule has 6 nitrogen and oxygen atoms in total. The van der Waals surface area contributed by atoms with Gasteiger partial charge in [0.05, 0.1) is 24.5 Å². The zero-order chi connectivity index (χ0) is 19.8. The molecular formula is C20H19BN4O2S. The van der Waals surface area contributed by atoms with Crippen LogP contribution in [0.5, 0.6) is 5.75 Å². The zero-order valence-corrected chi connectivity index (χ0v) is 16.6. The van der Waals surface area contributed by atoms with Crippen molar-refractivity contribution in [1.82, 2.24) is 15.2 Å². The quantitative estimate of drug-likeness (QED) is 0.520. The number of hydrogen-bond acceptors (Lipinski definition) is 7. The van der Waals surface area contributed by atoms with Crippen LogP contribution in [0.2, 0.25) is 6.82 Å². The summed E-state index contributed by atoms with van der Waals surface area (Å²) in [5.74, 6) is 0.631. The Labute approximate surface area is 167 Å². The van der Waals surface area contributed by atoms with Gasteiger partial charge >= 0.3 is 6.92 Å². The minimum absolute atomic E-state index is 0.590. The van der Waals surface area contributed by atoms with Crippen LogP contribution < -0.4 is 15.9 Å². The van der Waals surface area contributed by atoms with Gasteiger partial charge < -0.3 is 15.5 Å². The summed E-state index contributed by atoms with van der Waals surface area (Å²) in [6.07, 6.45) is 3.40. The molecule has 4 aromatic rings. The maximum Gasteiger partial charge on any atom is 0.324 e. The lowest BCUT2D eigenvalue weighted by Crippen LogP contribution is -2.28. The first-order chi connectivity index (χ1) is 13.5. The van der Waals surface area contributed by atoms with E-state index in [2.05, 4.69) is 15.2 Å². The fraction of sp³-hybridized carbons (Fsp3) is 0.150. The third-order valence-corrected chi connectivity index (χ3v) is 5.60. The van der Waals surface area contributed by atoms with E-state index >= 15 is 0 Å². The molecule has 0 bridgehead atoms. The summed E-state index contributed by atoms with van der Waals surface area (Å²) < 4.78 is 5.53. The number of anilines is 1. The molecule has 0 unspecified atom stereocenters. The Bertz CT molecular complexity index is 1180. The molecular weight excluding hydrogens is 371 g/mol. The minimum atomic E-state index is -0.670. The van der Waals surface area contributed by atoms with E-state index in [-0.39, 0.29) is 0 Å². The molecule has 2 heterocycles. The number of aryl methyl sites for hydroxylation is 1. The maximum atomic E-state index is 10.2. The number of ether oxygens (including phenoxy) is 1. The summed E-state index contributed by atoms with van der Waals surface area (Å²) in [7, 11) is 1.60. The SMILES string of the molecule is COc1cc(-c2ncc(C)s2)c(-c2ccc3c(N)cnnc3c2)cc1B(C)O. The Hall–Kier alpha value is -2.97. The predicted molar refractivity (Wildman–Crippen MR) is 115 cm³/mol. The minimum Gasteiger partial charge on any atom is -0.497 e. The number of nitrogens with two attached hydrogens (primary N) is 1. The van der Waals surface area contributed by atoms with E-state index in [9.17, 15) is 5.02 Å². The first-order valence-corrected chi connectivity index (χ1v) is 9.63. The molecule has 2 aromatic carbocycles. The molecule has 4 rings (SSSR count). The van der Waals surface area contributed by atoms with Gasteiger partial charge in [0.25, 0.3) is 0 Å². The molecule has 0 fully saturated rings. The van der Waals surface area contributed by atoms with Gasteiger partial charge in [-0.2, -0.15) is 10.2 Å². The van der Waals surface area contributed by atoms with Gasteiger partial charge in [0.1, 0.15) is 10.8 Å².